The molecule has 0 amide bonds. The number of hydrogen-bond donors (Lipinski definition) is 0. The average molecular weight is 369 g/mol. The molecule has 5 nitrogen and oxygen atoms in total. The van der Waals surface area contributed by atoms with Crippen LogP contribution in [0.3, 0.4) is 0 Å². The Hall–Kier alpha value is -1.37. The molecule has 0 atom stereocenters. The van der Waals surface area contributed by atoms with Crippen molar-refractivity contribution < 1.29 is 12.8 Å². The van der Waals surface area contributed by atoms with E-state index in [0.717, 1.165) is 17.0 Å². The number of nitrogens with zero attached hydrogens (tertiary/aromatic N) is 2. The Bertz CT molecular complexity index is 887. The molecule has 7 heteroatoms. The standard InChI is InChI=1S/C17H21ClN2O3S/c1-10(2)17-19-14-9-20(6-5-15(14)23-17)24(21,22)16-8-11(3)13(18)7-12(16)4/h7-8,10H,5-6,9H2,1-4H3. The lowest BCUT2D eigenvalue weighted by Crippen LogP contribution is -2.36. The normalized spacial score (nSPS) is 15.8. The number of rotatable bonds is 3. The van der Waals surface area contributed by atoms with Crippen molar-refractivity contribution in [3.05, 3.63) is 45.6 Å². The molecule has 0 aliphatic carbocycles. The molecular weight excluding hydrogens is 348 g/mol. The van der Waals surface area contributed by atoms with Crippen LogP contribution in [0.1, 0.15) is 48.2 Å². The maximum atomic E-state index is 13.0. The molecule has 3 rings (SSSR count). The number of hydrogen-bond acceptors (Lipinski definition) is 4. The highest BCUT2D eigenvalue weighted by atomic mass is 35.5. The van der Waals surface area contributed by atoms with Crippen LogP contribution >= 0.6 is 11.6 Å². The van der Waals surface area contributed by atoms with E-state index in [2.05, 4.69) is 4.98 Å². The molecule has 0 saturated heterocycles. The Morgan fingerprint density at radius 2 is 1.96 bits per heavy atom. The van der Waals surface area contributed by atoms with Crippen LogP contribution in [-0.4, -0.2) is 24.3 Å². The zero-order chi connectivity index (χ0) is 17.6. The molecular formula is C17H21ClN2O3S. The van der Waals surface area contributed by atoms with Crippen LogP contribution in [0.2, 0.25) is 5.02 Å². The van der Waals surface area contributed by atoms with Crippen LogP contribution in [0, 0.1) is 13.8 Å². The highest BCUT2D eigenvalue weighted by molar-refractivity contribution is 7.89. The summed E-state index contributed by atoms with van der Waals surface area (Å²) in [5.74, 6) is 1.65. The summed E-state index contributed by atoms with van der Waals surface area (Å²) >= 11 is 6.09. The van der Waals surface area contributed by atoms with Gasteiger partial charge in [-0.1, -0.05) is 25.4 Å². The maximum absolute atomic E-state index is 13.0. The Kier molecular flexibility index (Phi) is 4.49. The predicted octanol–water partition coefficient (Wildman–Crippen LogP) is 3.82. The Labute approximate surface area is 147 Å². The monoisotopic (exact) mass is 368 g/mol. The summed E-state index contributed by atoms with van der Waals surface area (Å²) in [6.07, 6.45) is 0.542. The summed E-state index contributed by atoms with van der Waals surface area (Å²) in [7, 11) is -3.59. The van der Waals surface area contributed by atoms with Crippen molar-refractivity contribution >= 4 is 21.6 Å². The number of aryl methyl sites for hydroxylation is 2. The van der Waals surface area contributed by atoms with Gasteiger partial charge < -0.3 is 4.42 Å². The van der Waals surface area contributed by atoms with Gasteiger partial charge in [-0.2, -0.15) is 4.31 Å². The molecule has 0 saturated carbocycles. The van der Waals surface area contributed by atoms with Crippen LogP contribution in [0.15, 0.2) is 21.4 Å². The summed E-state index contributed by atoms with van der Waals surface area (Å²) in [6.45, 7) is 8.22. The fourth-order valence-corrected chi connectivity index (χ4v) is 4.73. The van der Waals surface area contributed by atoms with Gasteiger partial charge in [0.05, 0.1) is 17.1 Å². The van der Waals surface area contributed by atoms with Crippen LogP contribution in [0.5, 0.6) is 0 Å². The van der Waals surface area contributed by atoms with Gasteiger partial charge in [-0.05, 0) is 37.1 Å². The molecule has 2 heterocycles. The molecule has 2 aromatic rings. The van der Waals surface area contributed by atoms with Crippen LogP contribution in [0.4, 0.5) is 0 Å². The largest absolute Gasteiger partial charge is 0.445 e. The number of sulfonamides is 1. The van der Waals surface area contributed by atoms with Crippen molar-refractivity contribution in [3.63, 3.8) is 0 Å². The minimum absolute atomic E-state index is 0.182. The second kappa shape index (κ2) is 6.17. The minimum Gasteiger partial charge on any atom is -0.445 e. The maximum Gasteiger partial charge on any atom is 0.243 e. The first-order valence-electron chi connectivity index (χ1n) is 7.95. The zero-order valence-electron chi connectivity index (χ0n) is 14.3. The molecule has 0 unspecified atom stereocenters. The van der Waals surface area contributed by atoms with Crippen molar-refractivity contribution in [1.82, 2.24) is 9.29 Å². The highest BCUT2D eigenvalue weighted by Gasteiger charge is 2.32. The molecule has 1 aliphatic rings. The minimum atomic E-state index is -3.59. The van der Waals surface area contributed by atoms with Crippen molar-refractivity contribution in [1.29, 1.82) is 0 Å². The predicted molar refractivity (Wildman–Crippen MR) is 92.8 cm³/mol. The molecule has 0 fully saturated rings. The number of aromatic nitrogens is 1. The summed E-state index contributed by atoms with van der Waals surface area (Å²) in [5.41, 5.74) is 2.12. The quantitative estimate of drug-likeness (QED) is 0.826. The molecule has 130 valence electrons. The average Bonchev–Trinajstić information content (AvgIpc) is 2.94. The first-order chi connectivity index (χ1) is 11.2. The Morgan fingerprint density at radius 1 is 1.25 bits per heavy atom. The summed E-state index contributed by atoms with van der Waals surface area (Å²) in [5, 5.41) is 0.574. The lowest BCUT2D eigenvalue weighted by Gasteiger charge is -2.25. The Balaban J connectivity index is 1.95. The van der Waals surface area contributed by atoms with E-state index >= 15 is 0 Å². The summed E-state index contributed by atoms with van der Waals surface area (Å²) < 4.78 is 33.3. The van der Waals surface area contributed by atoms with Crippen molar-refractivity contribution in [2.75, 3.05) is 6.54 Å². The van der Waals surface area contributed by atoms with Crippen molar-refractivity contribution in [2.45, 2.75) is 51.5 Å². The van der Waals surface area contributed by atoms with Crippen molar-refractivity contribution in [2.24, 2.45) is 0 Å². The first-order valence-corrected chi connectivity index (χ1v) is 9.77. The van der Waals surface area contributed by atoms with Gasteiger partial charge in [0.2, 0.25) is 10.0 Å². The van der Waals surface area contributed by atoms with Gasteiger partial charge in [0, 0.05) is 23.9 Å². The van der Waals surface area contributed by atoms with Crippen LogP contribution < -0.4 is 0 Å². The number of halogens is 1. The number of benzene rings is 1. The first kappa shape index (κ1) is 17.5. The van der Waals surface area contributed by atoms with E-state index in [1.54, 1.807) is 19.1 Å². The van der Waals surface area contributed by atoms with Gasteiger partial charge in [-0.3, -0.25) is 0 Å². The molecule has 0 radical (unpaired) electrons. The van der Waals surface area contributed by atoms with Gasteiger partial charge in [-0.25, -0.2) is 13.4 Å². The third-order valence-electron chi connectivity index (χ3n) is 4.28. The molecule has 0 N–H and O–H groups in total. The smallest absolute Gasteiger partial charge is 0.243 e. The molecule has 0 spiro atoms. The highest BCUT2D eigenvalue weighted by Crippen LogP contribution is 2.30. The molecule has 1 aromatic heterocycles. The lowest BCUT2D eigenvalue weighted by atomic mass is 10.2. The third-order valence-corrected chi connectivity index (χ3v) is 6.67. The SMILES string of the molecule is Cc1cc(S(=O)(=O)N2CCc3oc(C(C)C)nc3C2)c(C)cc1Cl. The molecule has 24 heavy (non-hydrogen) atoms. The van der Waals surface area contributed by atoms with E-state index in [-0.39, 0.29) is 12.5 Å². The number of fused-ring (bicyclic) bond motifs is 1. The molecule has 1 aromatic carbocycles. The van der Waals surface area contributed by atoms with Crippen LogP contribution in [-0.2, 0) is 23.0 Å². The van der Waals surface area contributed by atoms with Crippen molar-refractivity contribution in [3.8, 4) is 0 Å². The van der Waals surface area contributed by atoms with E-state index < -0.39 is 10.0 Å². The van der Waals surface area contributed by atoms with E-state index in [1.807, 2.05) is 20.8 Å². The summed E-state index contributed by atoms with van der Waals surface area (Å²) in [6, 6.07) is 3.34. The zero-order valence-corrected chi connectivity index (χ0v) is 15.8. The Morgan fingerprint density at radius 3 is 2.62 bits per heavy atom. The van der Waals surface area contributed by atoms with E-state index in [4.69, 9.17) is 16.0 Å². The third kappa shape index (κ3) is 2.98. The van der Waals surface area contributed by atoms with E-state index in [9.17, 15) is 8.42 Å². The van der Waals surface area contributed by atoms with Gasteiger partial charge in [0.1, 0.15) is 5.76 Å². The fourth-order valence-electron chi connectivity index (χ4n) is 2.82. The fraction of sp³-hybridized carbons (Fsp3) is 0.471. The van der Waals surface area contributed by atoms with E-state index in [0.29, 0.717) is 34.3 Å². The second-order valence-corrected chi connectivity index (χ2v) is 8.85. The molecule has 1 aliphatic heterocycles. The topological polar surface area (TPSA) is 63.4 Å². The van der Waals surface area contributed by atoms with Gasteiger partial charge in [0.25, 0.3) is 0 Å². The van der Waals surface area contributed by atoms with Crippen LogP contribution in [0.25, 0.3) is 0 Å². The summed E-state index contributed by atoms with van der Waals surface area (Å²) in [4.78, 5) is 4.77. The number of oxazole rings is 1. The van der Waals surface area contributed by atoms with E-state index in [1.165, 1.54) is 4.31 Å². The van der Waals surface area contributed by atoms with Gasteiger partial charge in [-0.15, -0.1) is 0 Å². The molecule has 0 bridgehead atoms. The van der Waals surface area contributed by atoms with Gasteiger partial charge in [0.15, 0.2) is 5.89 Å². The second-order valence-electron chi connectivity index (χ2n) is 6.53. The lowest BCUT2D eigenvalue weighted by molar-refractivity contribution is 0.353. The van der Waals surface area contributed by atoms with Gasteiger partial charge >= 0.3 is 0 Å².